The van der Waals surface area contributed by atoms with Crippen LogP contribution in [0.5, 0.6) is 0 Å². The number of ketones is 1. The Morgan fingerprint density at radius 1 is 0.977 bits per heavy atom. The number of carbonyl (C=O) groups is 2. The van der Waals surface area contributed by atoms with Crippen LogP contribution in [0.25, 0.3) is 23.1 Å². The van der Waals surface area contributed by atoms with E-state index in [9.17, 15) is 18.8 Å². The Morgan fingerprint density at radius 2 is 1.70 bits per heavy atom. The van der Waals surface area contributed by atoms with Gasteiger partial charge in [-0.25, -0.2) is 14.2 Å². The average Bonchev–Trinajstić information content (AvgIpc) is 3.61. The van der Waals surface area contributed by atoms with Crippen LogP contribution in [0.15, 0.2) is 111 Å². The van der Waals surface area contributed by atoms with Crippen molar-refractivity contribution in [3.63, 3.8) is 0 Å². The van der Waals surface area contributed by atoms with E-state index in [1.54, 1.807) is 61.5 Å². The third-order valence-corrected chi connectivity index (χ3v) is 8.02. The van der Waals surface area contributed by atoms with Gasteiger partial charge >= 0.3 is 5.97 Å². The minimum Gasteiger partial charge on any atom is -0.463 e. The number of nitrogens with zero attached hydrogens (tertiary/aromatic N) is 2. The minimum atomic E-state index is -0.903. The second-order valence-corrected chi connectivity index (χ2v) is 10.8. The van der Waals surface area contributed by atoms with Gasteiger partial charge in [-0.1, -0.05) is 78.1 Å². The van der Waals surface area contributed by atoms with Crippen molar-refractivity contribution in [3.05, 3.63) is 145 Å². The van der Waals surface area contributed by atoms with Gasteiger partial charge in [0.1, 0.15) is 17.3 Å². The zero-order valence-electron chi connectivity index (χ0n) is 23.2. The molecule has 1 atom stereocenters. The number of esters is 1. The number of furan rings is 1. The first kappa shape index (κ1) is 28.0. The summed E-state index contributed by atoms with van der Waals surface area (Å²) in [5.74, 6) is -0.0511. The second-order valence-electron chi connectivity index (χ2n) is 9.82. The van der Waals surface area contributed by atoms with Crippen LogP contribution in [-0.4, -0.2) is 22.9 Å². The molecular formula is C34H25FN2O5S. The summed E-state index contributed by atoms with van der Waals surface area (Å²) in [5, 5.41) is 0. The molecule has 3 aromatic carbocycles. The summed E-state index contributed by atoms with van der Waals surface area (Å²) >= 11 is 1.16. The highest BCUT2D eigenvalue weighted by atomic mass is 32.1. The SMILES string of the molecule is CCOC(=O)C1=C(c2ccccc2)N=c2sc(=Cc3ccc(-c4ccc(C(C)=O)cc4)o3)c(=O)n2[C@@H]1c1ccc(F)cc1. The zero-order valence-corrected chi connectivity index (χ0v) is 24.1. The largest absolute Gasteiger partial charge is 0.463 e. The highest BCUT2D eigenvalue weighted by molar-refractivity contribution is 7.07. The summed E-state index contributed by atoms with van der Waals surface area (Å²) in [7, 11) is 0. The fourth-order valence-corrected chi connectivity index (χ4v) is 5.97. The van der Waals surface area contributed by atoms with Crippen molar-refractivity contribution in [1.29, 1.82) is 0 Å². The molecule has 6 rings (SSSR count). The molecular weight excluding hydrogens is 567 g/mol. The van der Waals surface area contributed by atoms with Crippen molar-refractivity contribution < 1.29 is 23.1 Å². The van der Waals surface area contributed by atoms with Crippen molar-refractivity contribution in [2.75, 3.05) is 6.61 Å². The van der Waals surface area contributed by atoms with E-state index in [1.165, 1.54) is 23.6 Å². The molecule has 5 aromatic rings. The van der Waals surface area contributed by atoms with Crippen LogP contribution in [0.1, 0.15) is 47.1 Å². The van der Waals surface area contributed by atoms with Gasteiger partial charge in [-0.3, -0.25) is 14.2 Å². The van der Waals surface area contributed by atoms with E-state index < -0.39 is 17.8 Å². The molecule has 0 aliphatic carbocycles. The molecule has 214 valence electrons. The fraction of sp³-hybridized carbons (Fsp3) is 0.118. The summed E-state index contributed by atoms with van der Waals surface area (Å²) in [4.78, 5) is 44.3. The number of hydrogen-bond acceptors (Lipinski definition) is 7. The summed E-state index contributed by atoms with van der Waals surface area (Å²) in [5.41, 5.74) is 2.80. The first-order valence-electron chi connectivity index (χ1n) is 13.6. The van der Waals surface area contributed by atoms with Crippen LogP contribution in [0.2, 0.25) is 0 Å². The molecule has 1 aliphatic heterocycles. The predicted octanol–water partition coefficient (Wildman–Crippen LogP) is 5.54. The Labute approximate surface area is 249 Å². The Hall–Kier alpha value is -5.15. The number of halogens is 1. The molecule has 0 spiro atoms. The molecule has 2 aromatic heterocycles. The Balaban J connectivity index is 1.52. The summed E-state index contributed by atoms with van der Waals surface area (Å²) in [6.07, 6.45) is 1.63. The van der Waals surface area contributed by atoms with E-state index in [-0.39, 0.29) is 23.5 Å². The molecule has 1 aliphatic rings. The number of hydrogen-bond donors (Lipinski definition) is 0. The van der Waals surface area contributed by atoms with Gasteiger partial charge in [-0.2, -0.15) is 0 Å². The number of thiazole rings is 1. The molecule has 43 heavy (non-hydrogen) atoms. The predicted molar refractivity (Wildman–Crippen MR) is 162 cm³/mol. The van der Waals surface area contributed by atoms with Gasteiger partial charge in [0.05, 0.1) is 28.5 Å². The maximum atomic E-state index is 14.0. The van der Waals surface area contributed by atoms with Crippen LogP contribution in [-0.2, 0) is 9.53 Å². The Kier molecular flexibility index (Phi) is 7.56. The number of Topliss-reactive ketones (excluding diaryl/α,β-unsaturated/α-hetero) is 1. The van der Waals surface area contributed by atoms with E-state index in [4.69, 9.17) is 14.1 Å². The molecule has 3 heterocycles. The first-order chi connectivity index (χ1) is 20.8. The van der Waals surface area contributed by atoms with Gasteiger partial charge in [-0.15, -0.1) is 0 Å². The average molecular weight is 593 g/mol. The van der Waals surface area contributed by atoms with E-state index >= 15 is 0 Å². The molecule has 0 saturated carbocycles. The zero-order chi connectivity index (χ0) is 30.1. The number of fused-ring (bicyclic) bond motifs is 1. The maximum absolute atomic E-state index is 14.0. The molecule has 0 unspecified atom stereocenters. The van der Waals surface area contributed by atoms with E-state index in [0.717, 1.165) is 16.9 Å². The number of rotatable bonds is 7. The molecule has 0 fully saturated rings. The highest BCUT2D eigenvalue weighted by Crippen LogP contribution is 2.35. The summed E-state index contributed by atoms with van der Waals surface area (Å²) in [6, 6.07) is 24.6. The number of carbonyl (C=O) groups excluding carboxylic acids is 2. The Bertz CT molecular complexity index is 2050. The van der Waals surface area contributed by atoms with Crippen molar-refractivity contribution in [3.8, 4) is 11.3 Å². The number of benzene rings is 3. The molecule has 0 radical (unpaired) electrons. The number of ether oxygens (including phenoxy) is 1. The van der Waals surface area contributed by atoms with Crippen LogP contribution in [0, 0.1) is 5.82 Å². The van der Waals surface area contributed by atoms with Gasteiger partial charge in [-0.05, 0) is 43.7 Å². The molecule has 0 saturated heterocycles. The highest BCUT2D eigenvalue weighted by Gasteiger charge is 2.35. The van der Waals surface area contributed by atoms with Gasteiger partial charge in [0.2, 0.25) is 0 Å². The fourth-order valence-electron chi connectivity index (χ4n) is 4.98. The lowest BCUT2D eigenvalue weighted by Gasteiger charge is -2.25. The maximum Gasteiger partial charge on any atom is 0.338 e. The third-order valence-electron chi connectivity index (χ3n) is 7.04. The minimum absolute atomic E-state index is 0.0254. The molecule has 0 amide bonds. The summed E-state index contributed by atoms with van der Waals surface area (Å²) < 4.78 is 27.2. The smallest absolute Gasteiger partial charge is 0.338 e. The van der Waals surface area contributed by atoms with E-state index in [1.807, 2.05) is 30.3 Å². The van der Waals surface area contributed by atoms with Crippen molar-refractivity contribution in [1.82, 2.24) is 4.57 Å². The summed E-state index contributed by atoms with van der Waals surface area (Å²) in [6.45, 7) is 3.34. The Morgan fingerprint density at radius 3 is 2.37 bits per heavy atom. The molecule has 7 nitrogen and oxygen atoms in total. The first-order valence-corrected chi connectivity index (χ1v) is 14.4. The third kappa shape index (κ3) is 5.42. The van der Waals surface area contributed by atoms with Crippen molar-refractivity contribution in [2.45, 2.75) is 19.9 Å². The lowest BCUT2D eigenvalue weighted by molar-refractivity contribution is -0.138. The van der Waals surface area contributed by atoms with E-state index in [2.05, 4.69) is 0 Å². The topological polar surface area (TPSA) is 90.9 Å². The second kappa shape index (κ2) is 11.6. The van der Waals surface area contributed by atoms with Crippen LogP contribution < -0.4 is 14.9 Å². The molecule has 0 N–H and O–H groups in total. The monoisotopic (exact) mass is 592 g/mol. The van der Waals surface area contributed by atoms with Gasteiger partial charge in [0.25, 0.3) is 5.56 Å². The lowest BCUT2D eigenvalue weighted by atomic mass is 9.93. The van der Waals surface area contributed by atoms with Crippen LogP contribution >= 0.6 is 11.3 Å². The van der Waals surface area contributed by atoms with Gasteiger partial charge in [0.15, 0.2) is 10.6 Å². The molecule has 0 bridgehead atoms. The standard InChI is InChI=1S/C34H25FN2O5S/c1-3-41-33(40)29-30(23-7-5-4-6-8-23)36-34-37(31(29)24-13-15-25(35)16-14-24)32(39)28(43-34)19-26-17-18-27(42-26)22-11-9-21(10-12-22)20(2)38/h4-19,31H,3H2,1-2H3/t31-/m1/s1. The van der Waals surface area contributed by atoms with Crippen molar-refractivity contribution >= 4 is 34.9 Å². The molecule has 9 heteroatoms. The van der Waals surface area contributed by atoms with Gasteiger partial charge < -0.3 is 9.15 Å². The normalized spacial score (nSPS) is 14.8. The van der Waals surface area contributed by atoms with E-state index in [0.29, 0.717) is 43.2 Å². The van der Waals surface area contributed by atoms with Gasteiger partial charge in [0, 0.05) is 22.8 Å². The lowest BCUT2D eigenvalue weighted by Crippen LogP contribution is -2.40. The quantitative estimate of drug-likeness (QED) is 0.183. The number of aromatic nitrogens is 1. The van der Waals surface area contributed by atoms with Crippen LogP contribution in [0.3, 0.4) is 0 Å². The van der Waals surface area contributed by atoms with Crippen molar-refractivity contribution in [2.24, 2.45) is 4.99 Å². The van der Waals surface area contributed by atoms with Crippen LogP contribution in [0.4, 0.5) is 4.39 Å².